The van der Waals surface area contributed by atoms with Crippen LogP contribution in [-0.2, 0) is 9.53 Å². The number of carbonyl (C=O) groups is 2. The number of hydrogen-bond acceptors (Lipinski definition) is 5. The normalized spacial score (nSPS) is 14.3. The van der Waals surface area contributed by atoms with Crippen molar-refractivity contribution in [2.45, 2.75) is 40.5 Å². The summed E-state index contributed by atoms with van der Waals surface area (Å²) in [7, 11) is 0. The largest absolute Gasteiger partial charge is 0.462 e. The van der Waals surface area contributed by atoms with Gasteiger partial charge in [-0.05, 0) is 32.6 Å². The van der Waals surface area contributed by atoms with Crippen molar-refractivity contribution in [3.05, 3.63) is 10.6 Å². The lowest BCUT2D eigenvalue weighted by atomic mass is 10.2. The van der Waals surface area contributed by atoms with Crippen molar-refractivity contribution in [2.24, 2.45) is 11.8 Å². The van der Waals surface area contributed by atoms with Crippen molar-refractivity contribution in [1.29, 1.82) is 0 Å². The Morgan fingerprint density at radius 3 is 2.62 bits per heavy atom. The molecule has 1 aromatic rings. The van der Waals surface area contributed by atoms with Crippen LogP contribution in [0.2, 0.25) is 0 Å². The second-order valence-corrected chi connectivity index (χ2v) is 6.73. The Morgan fingerprint density at radius 2 is 2.10 bits per heavy atom. The minimum absolute atomic E-state index is 0.132. The Morgan fingerprint density at radius 1 is 1.43 bits per heavy atom. The first-order chi connectivity index (χ1) is 9.93. The van der Waals surface area contributed by atoms with Crippen molar-refractivity contribution < 1.29 is 14.3 Å². The molecule has 0 radical (unpaired) electrons. The molecule has 1 aliphatic carbocycles. The van der Waals surface area contributed by atoms with E-state index in [1.165, 1.54) is 11.3 Å². The lowest BCUT2D eigenvalue weighted by Gasteiger charge is -2.21. The first kappa shape index (κ1) is 15.9. The molecule has 0 spiro atoms. The Hall–Kier alpha value is -1.43. The Bertz CT molecular complexity index is 535. The minimum atomic E-state index is -0.359. The third-order valence-electron chi connectivity index (χ3n) is 3.22. The third-order valence-corrected chi connectivity index (χ3v) is 4.38. The molecule has 1 aromatic heterocycles. The molecule has 21 heavy (non-hydrogen) atoms. The first-order valence-corrected chi connectivity index (χ1v) is 8.21. The van der Waals surface area contributed by atoms with Crippen LogP contribution in [0.1, 0.15) is 49.0 Å². The van der Waals surface area contributed by atoms with Gasteiger partial charge in [-0.3, -0.25) is 9.69 Å². The number of amides is 1. The molecule has 1 saturated carbocycles. The molecular weight excluding hydrogens is 288 g/mol. The molecule has 1 aliphatic rings. The number of carbonyl (C=O) groups excluding carboxylic acids is 2. The molecule has 116 valence electrons. The highest BCUT2D eigenvalue weighted by molar-refractivity contribution is 7.17. The number of anilines is 1. The lowest BCUT2D eigenvalue weighted by Crippen LogP contribution is -2.35. The van der Waals surface area contributed by atoms with Gasteiger partial charge in [0.25, 0.3) is 0 Å². The van der Waals surface area contributed by atoms with Crippen LogP contribution in [0, 0.1) is 18.8 Å². The van der Waals surface area contributed by atoms with Crippen LogP contribution < -0.4 is 4.90 Å². The number of aryl methyl sites for hydroxylation is 1. The highest BCUT2D eigenvalue weighted by Crippen LogP contribution is 2.35. The number of rotatable bonds is 6. The summed E-state index contributed by atoms with van der Waals surface area (Å²) in [6.45, 7) is 8.66. The fraction of sp³-hybridized carbons (Fsp3) is 0.667. The zero-order chi connectivity index (χ0) is 15.6. The summed E-state index contributed by atoms with van der Waals surface area (Å²) >= 11 is 1.25. The second-order valence-electron chi connectivity index (χ2n) is 5.75. The summed E-state index contributed by atoms with van der Waals surface area (Å²) in [5, 5.41) is 0.612. The van der Waals surface area contributed by atoms with Crippen LogP contribution in [-0.4, -0.2) is 30.0 Å². The van der Waals surface area contributed by atoms with Gasteiger partial charge in [0.1, 0.15) is 4.88 Å². The fourth-order valence-electron chi connectivity index (χ4n) is 2.06. The number of hydrogen-bond donors (Lipinski definition) is 0. The minimum Gasteiger partial charge on any atom is -0.462 e. The predicted molar refractivity (Wildman–Crippen MR) is 82.7 cm³/mol. The zero-order valence-corrected chi connectivity index (χ0v) is 13.8. The summed E-state index contributed by atoms with van der Waals surface area (Å²) in [5.41, 5.74) is 0.630. The van der Waals surface area contributed by atoms with Gasteiger partial charge in [0.2, 0.25) is 5.91 Å². The Kier molecular flexibility index (Phi) is 4.98. The molecule has 0 atom stereocenters. The highest BCUT2D eigenvalue weighted by atomic mass is 32.1. The van der Waals surface area contributed by atoms with Crippen molar-refractivity contribution in [3.63, 3.8) is 0 Å². The predicted octanol–water partition coefficient (Wildman–Crippen LogP) is 3.03. The lowest BCUT2D eigenvalue weighted by molar-refractivity contribution is -0.119. The van der Waals surface area contributed by atoms with Crippen LogP contribution in [0.3, 0.4) is 0 Å². The molecule has 0 unspecified atom stereocenters. The maximum Gasteiger partial charge on any atom is 0.350 e. The molecule has 2 rings (SSSR count). The molecule has 1 fully saturated rings. The molecule has 0 bridgehead atoms. The van der Waals surface area contributed by atoms with Gasteiger partial charge >= 0.3 is 5.97 Å². The zero-order valence-electron chi connectivity index (χ0n) is 13.0. The number of nitrogens with zero attached hydrogens (tertiary/aromatic N) is 2. The molecule has 0 aliphatic heterocycles. The van der Waals surface area contributed by atoms with Gasteiger partial charge in [0, 0.05) is 12.5 Å². The molecule has 0 saturated heterocycles. The van der Waals surface area contributed by atoms with Crippen LogP contribution in [0.15, 0.2) is 0 Å². The van der Waals surface area contributed by atoms with Gasteiger partial charge in [0.15, 0.2) is 5.13 Å². The van der Waals surface area contributed by atoms with Crippen LogP contribution >= 0.6 is 11.3 Å². The topological polar surface area (TPSA) is 59.5 Å². The van der Waals surface area contributed by atoms with E-state index in [1.807, 2.05) is 0 Å². The third kappa shape index (κ3) is 3.81. The van der Waals surface area contributed by atoms with Crippen LogP contribution in [0.25, 0.3) is 0 Å². The molecular formula is C15H22N2O3S. The summed E-state index contributed by atoms with van der Waals surface area (Å²) in [4.78, 5) is 31.0. The van der Waals surface area contributed by atoms with Gasteiger partial charge in [-0.15, -0.1) is 0 Å². The van der Waals surface area contributed by atoms with Crippen molar-refractivity contribution in [3.8, 4) is 0 Å². The maximum atomic E-state index is 12.4. The van der Waals surface area contributed by atoms with Gasteiger partial charge in [-0.25, -0.2) is 9.78 Å². The molecule has 0 N–H and O–H groups in total. The molecule has 6 heteroatoms. The van der Waals surface area contributed by atoms with E-state index in [4.69, 9.17) is 4.74 Å². The average Bonchev–Trinajstić information content (AvgIpc) is 3.18. The van der Waals surface area contributed by atoms with E-state index >= 15 is 0 Å². The molecule has 5 nitrogen and oxygen atoms in total. The molecule has 1 amide bonds. The van der Waals surface area contributed by atoms with E-state index in [0.717, 1.165) is 12.8 Å². The van der Waals surface area contributed by atoms with E-state index in [9.17, 15) is 9.59 Å². The van der Waals surface area contributed by atoms with Gasteiger partial charge < -0.3 is 4.74 Å². The molecule has 1 heterocycles. The van der Waals surface area contributed by atoms with Crippen LogP contribution in [0.4, 0.5) is 5.13 Å². The maximum absolute atomic E-state index is 12.4. The van der Waals surface area contributed by atoms with Gasteiger partial charge in [0.05, 0.1) is 12.3 Å². The Balaban J connectivity index is 2.25. The quantitative estimate of drug-likeness (QED) is 0.758. The van der Waals surface area contributed by atoms with Crippen molar-refractivity contribution in [2.75, 3.05) is 18.1 Å². The monoisotopic (exact) mass is 310 g/mol. The number of aromatic nitrogens is 1. The van der Waals surface area contributed by atoms with Crippen LogP contribution in [0.5, 0.6) is 0 Å². The standard InChI is InChI=1S/C15H22N2O3S/c1-5-20-14(19)12-10(4)16-15(21-12)17(8-9(2)3)13(18)11-6-7-11/h9,11H,5-8H2,1-4H3. The summed E-state index contributed by atoms with van der Waals surface area (Å²) in [5.74, 6) is 0.261. The van der Waals surface area contributed by atoms with E-state index in [2.05, 4.69) is 18.8 Å². The van der Waals surface area contributed by atoms with Gasteiger partial charge in [-0.2, -0.15) is 0 Å². The smallest absolute Gasteiger partial charge is 0.350 e. The van der Waals surface area contributed by atoms with Crippen molar-refractivity contribution in [1.82, 2.24) is 4.98 Å². The van der Waals surface area contributed by atoms with E-state index in [1.54, 1.807) is 18.7 Å². The number of ether oxygens (including phenoxy) is 1. The summed E-state index contributed by atoms with van der Waals surface area (Å²) in [6, 6.07) is 0. The molecule has 0 aromatic carbocycles. The fourth-order valence-corrected chi connectivity index (χ4v) is 3.04. The summed E-state index contributed by atoms with van der Waals surface area (Å²) < 4.78 is 5.03. The van der Waals surface area contributed by atoms with E-state index in [-0.39, 0.29) is 17.8 Å². The summed E-state index contributed by atoms with van der Waals surface area (Å²) in [6.07, 6.45) is 1.92. The number of esters is 1. The van der Waals surface area contributed by atoms with Gasteiger partial charge in [-0.1, -0.05) is 25.2 Å². The highest BCUT2D eigenvalue weighted by Gasteiger charge is 2.35. The SMILES string of the molecule is CCOC(=O)c1sc(N(CC(C)C)C(=O)C2CC2)nc1C. The van der Waals surface area contributed by atoms with Crippen molar-refractivity contribution >= 4 is 28.3 Å². The first-order valence-electron chi connectivity index (χ1n) is 7.40. The van der Waals surface area contributed by atoms with E-state index in [0.29, 0.717) is 34.8 Å². The second kappa shape index (κ2) is 6.56. The Labute approximate surface area is 129 Å². The number of thiazole rings is 1. The average molecular weight is 310 g/mol. The van der Waals surface area contributed by atoms with E-state index < -0.39 is 0 Å².